The van der Waals surface area contributed by atoms with Gasteiger partial charge in [0.15, 0.2) is 5.13 Å². The zero-order chi connectivity index (χ0) is 18.5. The van der Waals surface area contributed by atoms with Crippen LogP contribution in [-0.2, 0) is 0 Å². The molecule has 0 atom stereocenters. The van der Waals surface area contributed by atoms with Crippen molar-refractivity contribution in [3.05, 3.63) is 52.5 Å². The SMILES string of the molecule is CCCCCOc1cccc(C(=O)Nc2nc3c(C)cc(Cl)cc3s2)c1. The number of nitrogens with one attached hydrogen (secondary N) is 1. The number of benzene rings is 2. The van der Waals surface area contributed by atoms with Crippen molar-refractivity contribution in [3.8, 4) is 5.75 Å². The Morgan fingerprint density at radius 1 is 1.27 bits per heavy atom. The maximum absolute atomic E-state index is 12.5. The third kappa shape index (κ3) is 4.54. The second-order valence-corrected chi connectivity index (χ2v) is 7.59. The Labute approximate surface area is 162 Å². The molecule has 0 aliphatic carbocycles. The zero-order valence-corrected chi connectivity index (χ0v) is 16.4. The van der Waals surface area contributed by atoms with E-state index in [9.17, 15) is 4.79 Å². The number of unbranched alkanes of at least 4 members (excludes halogenated alkanes) is 2. The highest BCUT2D eigenvalue weighted by molar-refractivity contribution is 7.22. The Balaban J connectivity index is 1.71. The average Bonchev–Trinajstić information content (AvgIpc) is 3.01. The summed E-state index contributed by atoms with van der Waals surface area (Å²) in [5.41, 5.74) is 2.40. The lowest BCUT2D eigenvalue weighted by Gasteiger charge is -2.07. The molecule has 0 aliphatic rings. The Kier molecular flexibility index (Phi) is 6.12. The number of amides is 1. The summed E-state index contributed by atoms with van der Waals surface area (Å²) in [5, 5.41) is 4.10. The van der Waals surface area contributed by atoms with Gasteiger partial charge in [0.05, 0.1) is 16.8 Å². The Morgan fingerprint density at radius 3 is 2.92 bits per heavy atom. The molecule has 136 valence electrons. The molecule has 26 heavy (non-hydrogen) atoms. The van der Waals surface area contributed by atoms with Gasteiger partial charge in [0, 0.05) is 10.6 Å². The molecular weight excluding hydrogens is 368 g/mol. The molecule has 0 aliphatic heterocycles. The molecule has 0 saturated heterocycles. The quantitative estimate of drug-likeness (QED) is 0.499. The summed E-state index contributed by atoms with van der Waals surface area (Å²) < 4.78 is 6.68. The van der Waals surface area contributed by atoms with E-state index in [0.29, 0.717) is 28.1 Å². The minimum atomic E-state index is -0.202. The molecule has 1 heterocycles. The van der Waals surface area contributed by atoms with Crippen molar-refractivity contribution < 1.29 is 9.53 Å². The van der Waals surface area contributed by atoms with Crippen LogP contribution in [0, 0.1) is 6.92 Å². The number of hydrogen-bond acceptors (Lipinski definition) is 4. The summed E-state index contributed by atoms with van der Waals surface area (Å²) in [7, 11) is 0. The maximum atomic E-state index is 12.5. The number of thiazole rings is 1. The second kappa shape index (κ2) is 8.52. The van der Waals surface area contributed by atoms with Gasteiger partial charge in [-0.05, 0) is 49.2 Å². The third-order valence-corrected chi connectivity index (χ3v) is 5.12. The van der Waals surface area contributed by atoms with E-state index >= 15 is 0 Å². The van der Waals surface area contributed by atoms with Crippen molar-refractivity contribution in [1.29, 1.82) is 0 Å². The number of aryl methyl sites for hydroxylation is 1. The zero-order valence-electron chi connectivity index (χ0n) is 14.8. The topological polar surface area (TPSA) is 51.2 Å². The minimum absolute atomic E-state index is 0.202. The minimum Gasteiger partial charge on any atom is -0.494 e. The molecule has 0 spiro atoms. The van der Waals surface area contributed by atoms with Crippen LogP contribution in [0.4, 0.5) is 5.13 Å². The predicted octanol–water partition coefficient (Wildman–Crippen LogP) is 6.08. The molecule has 6 heteroatoms. The molecule has 4 nitrogen and oxygen atoms in total. The van der Waals surface area contributed by atoms with Gasteiger partial charge in [0.25, 0.3) is 5.91 Å². The first-order valence-corrected chi connectivity index (χ1v) is 9.87. The first kappa shape index (κ1) is 18.7. The summed E-state index contributed by atoms with van der Waals surface area (Å²) in [6.45, 7) is 4.78. The fraction of sp³-hybridized carbons (Fsp3) is 0.300. The molecule has 2 aromatic carbocycles. The Hall–Kier alpha value is -2.11. The number of fused-ring (bicyclic) bond motifs is 1. The molecule has 1 amide bonds. The summed E-state index contributed by atoms with van der Waals surface area (Å²) in [6, 6.07) is 11.0. The molecular formula is C20H21ClN2O2S. The van der Waals surface area contributed by atoms with Gasteiger partial charge in [0.1, 0.15) is 5.75 Å². The van der Waals surface area contributed by atoms with E-state index in [4.69, 9.17) is 16.3 Å². The van der Waals surface area contributed by atoms with E-state index in [1.54, 1.807) is 12.1 Å². The average molecular weight is 389 g/mol. The molecule has 0 fully saturated rings. The van der Waals surface area contributed by atoms with Crippen molar-refractivity contribution in [2.24, 2.45) is 0 Å². The van der Waals surface area contributed by atoms with Crippen LogP contribution in [0.3, 0.4) is 0 Å². The molecule has 3 aromatic rings. The molecule has 0 unspecified atom stereocenters. The van der Waals surface area contributed by atoms with Crippen molar-refractivity contribution in [2.75, 3.05) is 11.9 Å². The number of carbonyl (C=O) groups excluding carboxylic acids is 1. The fourth-order valence-corrected chi connectivity index (χ4v) is 3.96. The van der Waals surface area contributed by atoms with Gasteiger partial charge in [0.2, 0.25) is 0 Å². The van der Waals surface area contributed by atoms with E-state index in [1.165, 1.54) is 11.3 Å². The van der Waals surface area contributed by atoms with E-state index in [2.05, 4.69) is 17.2 Å². The standard InChI is InChI=1S/C20H21ClN2O2S/c1-3-4-5-9-25-16-8-6-7-14(11-16)19(24)23-20-22-18-13(2)10-15(21)12-17(18)26-20/h6-8,10-12H,3-5,9H2,1-2H3,(H,22,23,24). The lowest BCUT2D eigenvalue weighted by atomic mass is 10.2. The van der Waals surface area contributed by atoms with Crippen LogP contribution in [0.15, 0.2) is 36.4 Å². The monoisotopic (exact) mass is 388 g/mol. The van der Waals surface area contributed by atoms with Gasteiger partial charge in [-0.2, -0.15) is 0 Å². The Morgan fingerprint density at radius 2 is 2.12 bits per heavy atom. The predicted molar refractivity (Wildman–Crippen MR) is 109 cm³/mol. The number of hydrogen-bond donors (Lipinski definition) is 1. The van der Waals surface area contributed by atoms with Crippen LogP contribution in [-0.4, -0.2) is 17.5 Å². The smallest absolute Gasteiger partial charge is 0.257 e. The van der Waals surface area contributed by atoms with Crippen LogP contribution in [0.1, 0.15) is 42.1 Å². The van der Waals surface area contributed by atoms with Gasteiger partial charge in [-0.1, -0.05) is 48.8 Å². The summed E-state index contributed by atoms with van der Waals surface area (Å²) in [5.74, 6) is 0.507. The number of rotatable bonds is 7. The van der Waals surface area contributed by atoms with Gasteiger partial charge in [-0.15, -0.1) is 0 Å². The molecule has 1 aromatic heterocycles. The van der Waals surface area contributed by atoms with Gasteiger partial charge >= 0.3 is 0 Å². The molecule has 0 radical (unpaired) electrons. The van der Waals surface area contributed by atoms with Crippen molar-refractivity contribution in [3.63, 3.8) is 0 Å². The highest BCUT2D eigenvalue weighted by atomic mass is 35.5. The van der Waals surface area contributed by atoms with E-state index in [1.807, 2.05) is 31.2 Å². The largest absolute Gasteiger partial charge is 0.494 e. The number of halogens is 1. The second-order valence-electron chi connectivity index (χ2n) is 6.13. The van der Waals surface area contributed by atoms with Crippen LogP contribution < -0.4 is 10.1 Å². The molecule has 0 bridgehead atoms. The summed E-state index contributed by atoms with van der Waals surface area (Å²) in [4.78, 5) is 17.1. The number of aromatic nitrogens is 1. The van der Waals surface area contributed by atoms with Crippen molar-refractivity contribution in [1.82, 2.24) is 4.98 Å². The highest BCUT2D eigenvalue weighted by Gasteiger charge is 2.12. The number of carbonyl (C=O) groups is 1. The molecule has 1 N–H and O–H groups in total. The Bertz CT molecular complexity index is 923. The van der Waals surface area contributed by atoms with Crippen LogP contribution >= 0.6 is 22.9 Å². The van der Waals surface area contributed by atoms with Crippen LogP contribution in [0.2, 0.25) is 5.02 Å². The summed E-state index contributed by atoms with van der Waals surface area (Å²) >= 11 is 7.50. The highest BCUT2D eigenvalue weighted by Crippen LogP contribution is 2.31. The summed E-state index contributed by atoms with van der Waals surface area (Å²) in [6.07, 6.45) is 3.31. The van der Waals surface area contributed by atoms with Gasteiger partial charge < -0.3 is 4.74 Å². The lowest BCUT2D eigenvalue weighted by Crippen LogP contribution is -2.11. The van der Waals surface area contributed by atoms with Gasteiger partial charge in [-0.25, -0.2) is 4.98 Å². The lowest BCUT2D eigenvalue weighted by molar-refractivity contribution is 0.102. The third-order valence-electron chi connectivity index (χ3n) is 3.98. The van der Waals surface area contributed by atoms with Crippen molar-refractivity contribution in [2.45, 2.75) is 33.1 Å². The van der Waals surface area contributed by atoms with Crippen LogP contribution in [0.25, 0.3) is 10.2 Å². The first-order chi connectivity index (χ1) is 12.6. The maximum Gasteiger partial charge on any atom is 0.257 e. The molecule has 0 saturated carbocycles. The first-order valence-electron chi connectivity index (χ1n) is 8.67. The van der Waals surface area contributed by atoms with Crippen LogP contribution in [0.5, 0.6) is 5.75 Å². The molecule has 3 rings (SSSR count). The van der Waals surface area contributed by atoms with E-state index in [0.717, 1.165) is 35.0 Å². The number of anilines is 1. The van der Waals surface area contributed by atoms with Crippen molar-refractivity contribution >= 4 is 44.2 Å². The fourth-order valence-electron chi connectivity index (χ4n) is 2.65. The number of nitrogens with zero attached hydrogens (tertiary/aromatic N) is 1. The van der Waals surface area contributed by atoms with E-state index in [-0.39, 0.29) is 5.91 Å². The normalized spacial score (nSPS) is 10.9. The number of ether oxygens (including phenoxy) is 1. The van der Waals surface area contributed by atoms with Gasteiger partial charge in [-0.3, -0.25) is 10.1 Å². The van der Waals surface area contributed by atoms with E-state index < -0.39 is 0 Å².